The van der Waals surface area contributed by atoms with Gasteiger partial charge in [-0.05, 0) is 30.7 Å². The third-order valence-corrected chi connectivity index (χ3v) is 7.33. The van der Waals surface area contributed by atoms with Gasteiger partial charge in [0.1, 0.15) is 18.5 Å². The maximum atomic E-state index is 13.0. The van der Waals surface area contributed by atoms with E-state index < -0.39 is 17.7 Å². The zero-order valence-electron chi connectivity index (χ0n) is 18.4. The van der Waals surface area contributed by atoms with E-state index >= 15 is 0 Å². The van der Waals surface area contributed by atoms with Crippen LogP contribution in [0.3, 0.4) is 0 Å². The summed E-state index contributed by atoms with van der Waals surface area (Å²) in [4.78, 5) is 32.0. The van der Waals surface area contributed by atoms with Gasteiger partial charge in [0.15, 0.2) is 5.96 Å². The Hall–Kier alpha value is -2.61. The maximum Gasteiger partial charge on any atom is 0.231 e. The van der Waals surface area contributed by atoms with E-state index in [1.165, 1.54) is 4.90 Å². The second-order valence-corrected chi connectivity index (χ2v) is 9.03. The summed E-state index contributed by atoms with van der Waals surface area (Å²) in [5.74, 6) is 0.700. The maximum absolute atomic E-state index is 13.0. The van der Waals surface area contributed by atoms with Gasteiger partial charge in [-0.2, -0.15) is 0 Å². The number of carbonyl (C=O) groups excluding carboxylic acids is 2. The third kappa shape index (κ3) is 3.89. The first-order chi connectivity index (χ1) is 14.8. The van der Waals surface area contributed by atoms with Crippen LogP contribution in [-0.2, 0) is 9.59 Å². The number of amides is 2. The Balaban J connectivity index is 1.43. The van der Waals surface area contributed by atoms with Gasteiger partial charge in [0.2, 0.25) is 11.8 Å². The van der Waals surface area contributed by atoms with E-state index in [2.05, 4.69) is 10.3 Å². The molecule has 1 aromatic rings. The zero-order valence-corrected chi connectivity index (χ0v) is 18.4. The molecule has 4 N–H and O–H groups in total. The smallest absolute Gasteiger partial charge is 0.231 e. The van der Waals surface area contributed by atoms with E-state index in [1.54, 1.807) is 0 Å². The second-order valence-electron chi connectivity index (χ2n) is 9.03. The molecule has 2 amide bonds. The number of hydrogen-bond donors (Lipinski definition) is 3. The van der Waals surface area contributed by atoms with Gasteiger partial charge >= 0.3 is 0 Å². The predicted octanol–water partition coefficient (Wildman–Crippen LogP) is 1.59. The number of hydrogen-bond acceptors (Lipinski definition) is 6. The van der Waals surface area contributed by atoms with Crippen molar-refractivity contribution in [2.75, 3.05) is 13.2 Å². The minimum atomic E-state index is -0.811. The van der Waals surface area contributed by atoms with Gasteiger partial charge in [-0.1, -0.05) is 39.0 Å². The number of rotatable bonds is 6. The molecule has 8 heteroatoms. The molecule has 1 aliphatic carbocycles. The number of nitrogens with one attached hydrogen (secondary N) is 1. The van der Waals surface area contributed by atoms with E-state index in [9.17, 15) is 14.7 Å². The molecule has 1 fully saturated rings. The van der Waals surface area contributed by atoms with Crippen molar-refractivity contribution in [2.45, 2.75) is 57.7 Å². The quantitative estimate of drug-likeness (QED) is 0.636. The van der Waals surface area contributed by atoms with Gasteiger partial charge in [0.25, 0.3) is 0 Å². The van der Waals surface area contributed by atoms with Crippen LogP contribution in [0, 0.1) is 17.8 Å². The van der Waals surface area contributed by atoms with Crippen molar-refractivity contribution in [3.63, 3.8) is 0 Å². The first-order valence-corrected chi connectivity index (χ1v) is 11.2. The second kappa shape index (κ2) is 8.15. The van der Waals surface area contributed by atoms with Gasteiger partial charge in [-0.25, -0.2) is 4.99 Å². The van der Waals surface area contributed by atoms with Crippen LogP contribution in [0.2, 0.25) is 0 Å². The first-order valence-electron chi connectivity index (χ1n) is 11.2. The average molecular weight is 429 g/mol. The molecule has 2 aliphatic heterocycles. The molecule has 0 aromatic heterocycles. The number of ether oxygens (including phenoxy) is 1. The molecule has 5 atom stereocenters. The summed E-state index contributed by atoms with van der Waals surface area (Å²) in [5.41, 5.74) is 6.54. The van der Waals surface area contributed by atoms with Gasteiger partial charge < -0.3 is 20.9 Å². The van der Waals surface area contributed by atoms with Crippen molar-refractivity contribution < 1.29 is 19.4 Å². The highest BCUT2D eigenvalue weighted by molar-refractivity contribution is 5.99. The monoisotopic (exact) mass is 428 g/mol. The standard InChI is InChI=1S/C23H32N4O4/c1-4-23(5-2)10-18(29)27(22(24)26-23)11-15-13(3)19(15)21(30)25-20-14-8-6-7-9-17(14)31-12-16(20)28/h6-9,13,15-16,19-20,28H,4-5,10-12H2,1-3H3,(H2,24,26)(H,25,30)/t13?,15?,16-,19?,20+/m0/s1. The fourth-order valence-electron chi connectivity index (χ4n) is 4.94. The molecule has 1 aromatic carbocycles. The highest BCUT2D eigenvalue weighted by Crippen LogP contribution is 2.47. The number of nitrogens with zero attached hydrogens (tertiary/aromatic N) is 2. The normalized spacial score (nSPS) is 31.4. The Bertz CT molecular complexity index is 897. The molecular weight excluding hydrogens is 396 g/mol. The van der Waals surface area contributed by atoms with Crippen molar-refractivity contribution in [2.24, 2.45) is 28.5 Å². The Labute approximate surface area is 182 Å². The molecule has 31 heavy (non-hydrogen) atoms. The molecule has 1 saturated carbocycles. The van der Waals surface area contributed by atoms with Crippen LogP contribution in [0.4, 0.5) is 0 Å². The lowest BCUT2D eigenvalue weighted by Gasteiger charge is -2.36. The minimum absolute atomic E-state index is 0.0145. The zero-order chi connectivity index (χ0) is 22.3. The SMILES string of the molecule is CCC1(CC)CC(=O)N(CC2C(C)C2C(=O)N[C@@H]2c3ccccc3OC[C@@H]2O)C(N)=N1. The average Bonchev–Trinajstić information content (AvgIpc) is 3.41. The molecule has 8 nitrogen and oxygen atoms in total. The number of guanidine groups is 1. The molecule has 0 bridgehead atoms. The van der Waals surface area contributed by atoms with E-state index in [4.69, 9.17) is 10.5 Å². The van der Waals surface area contributed by atoms with Crippen LogP contribution in [0.15, 0.2) is 29.3 Å². The van der Waals surface area contributed by atoms with Crippen molar-refractivity contribution in [1.82, 2.24) is 10.2 Å². The summed E-state index contributed by atoms with van der Waals surface area (Å²) in [7, 11) is 0. The van der Waals surface area contributed by atoms with Crippen LogP contribution in [0.5, 0.6) is 5.75 Å². The van der Waals surface area contributed by atoms with Crippen molar-refractivity contribution >= 4 is 17.8 Å². The number of aliphatic hydroxyl groups excluding tert-OH is 1. The van der Waals surface area contributed by atoms with E-state index in [0.717, 1.165) is 18.4 Å². The van der Waals surface area contributed by atoms with Crippen molar-refractivity contribution in [1.29, 1.82) is 0 Å². The Kier molecular flexibility index (Phi) is 5.68. The molecule has 2 heterocycles. The highest BCUT2D eigenvalue weighted by Gasteiger charge is 2.54. The topological polar surface area (TPSA) is 117 Å². The van der Waals surface area contributed by atoms with E-state index in [-0.39, 0.29) is 42.1 Å². The third-order valence-electron chi connectivity index (χ3n) is 7.33. The summed E-state index contributed by atoms with van der Waals surface area (Å²) in [6.07, 6.45) is 1.07. The largest absolute Gasteiger partial charge is 0.490 e. The van der Waals surface area contributed by atoms with E-state index in [1.807, 2.05) is 45.0 Å². The number of nitrogens with two attached hydrogens (primary N) is 1. The van der Waals surface area contributed by atoms with Crippen LogP contribution < -0.4 is 15.8 Å². The number of benzene rings is 1. The molecule has 3 aliphatic rings. The summed E-state index contributed by atoms with van der Waals surface area (Å²) in [6.45, 7) is 6.58. The van der Waals surface area contributed by atoms with Crippen LogP contribution >= 0.6 is 0 Å². The fourth-order valence-corrected chi connectivity index (χ4v) is 4.94. The molecule has 3 unspecified atom stereocenters. The Morgan fingerprint density at radius 1 is 1.35 bits per heavy atom. The van der Waals surface area contributed by atoms with Crippen molar-refractivity contribution in [3.05, 3.63) is 29.8 Å². The lowest BCUT2D eigenvalue weighted by atomic mass is 9.88. The molecule has 0 radical (unpaired) electrons. The summed E-state index contributed by atoms with van der Waals surface area (Å²) in [6, 6.07) is 6.90. The lowest BCUT2D eigenvalue weighted by molar-refractivity contribution is -0.130. The van der Waals surface area contributed by atoms with Gasteiger partial charge in [0, 0.05) is 18.0 Å². The molecular formula is C23H32N4O4. The Morgan fingerprint density at radius 3 is 2.74 bits per heavy atom. The van der Waals surface area contributed by atoms with Gasteiger partial charge in [-0.15, -0.1) is 0 Å². The van der Waals surface area contributed by atoms with Crippen LogP contribution in [0.25, 0.3) is 0 Å². The van der Waals surface area contributed by atoms with Gasteiger partial charge in [0.05, 0.1) is 18.0 Å². The number of para-hydroxylation sites is 1. The van der Waals surface area contributed by atoms with Gasteiger partial charge in [-0.3, -0.25) is 14.5 Å². The van der Waals surface area contributed by atoms with Crippen molar-refractivity contribution in [3.8, 4) is 5.75 Å². The fraction of sp³-hybridized carbons (Fsp3) is 0.609. The number of carbonyl (C=O) groups is 2. The number of aliphatic hydroxyl groups is 1. The first kappa shape index (κ1) is 21.6. The van der Waals surface area contributed by atoms with Crippen LogP contribution in [-0.4, -0.2) is 52.6 Å². The van der Waals surface area contributed by atoms with Crippen LogP contribution in [0.1, 0.15) is 51.6 Å². The number of aliphatic imine (C=N–C) groups is 1. The predicted molar refractivity (Wildman–Crippen MR) is 116 cm³/mol. The number of fused-ring (bicyclic) bond motifs is 1. The summed E-state index contributed by atoms with van der Waals surface area (Å²) >= 11 is 0. The summed E-state index contributed by atoms with van der Waals surface area (Å²) in [5, 5.41) is 13.4. The van der Waals surface area contributed by atoms with E-state index in [0.29, 0.717) is 18.7 Å². The highest BCUT2D eigenvalue weighted by atomic mass is 16.5. The minimum Gasteiger partial charge on any atom is -0.490 e. The molecule has 0 spiro atoms. The molecule has 4 rings (SSSR count). The molecule has 0 saturated heterocycles. The molecule has 168 valence electrons. The lowest BCUT2D eigenvalue weighted by Crippen LogP contribution is -2.52. The summed E-state index contributed by atoms with van der Waals surface area (Å²) < 4.78 is 5.55. The Morgan fingerprint density at radius 2 is 2.06 bits per heavy atom.